The average molecular weight is 461 g/mol. The van der Waals surface area contributed by atoms with Gasteiger partial charge in [0.1, 0.15) is 12.1 Å². The van der Waals surface area contributed by atoms with E-state index in [1.807, 2.05) is 0 Å². The lowest BCUT2D eigenvalue weighted by atomic mass is 9.84. The van der Waals surface area contributed by atoms with E-state index >= 15 is 0 Å². The summed E-state index contributed by atoms with van der Waals surface area (Å²) >= 11 is 6.07. The summed E-state index contributed by atoms with van der Waals surface area (Å²) < 4.78 is 19.9. The van der Waals surface area contributed by atoms with Crippen LogP contribution in [0.3, 0.4) is 0 Å². The zero-order chi connectivity index (χ0) is 22.5. The van der Waals surface area contributed by atoms with Crippen molar-refractivity contribution in [3.05, 3.63) is 47.6 Å². The van der Waals surface area contributed by atoms with Gasteiger partial charge in [-0.05, 0) is 24.5 Å². The molecule has 9 heteroatoms. The molecule has 1 aliphatic carbocycles. The van der Waals surface area contributed by atoms with Crippen LogP contribution >= 0.6 is 11.6 Å². The standard InChI is InChI=1S/C23H26ClFN4O3/c24-17-7-4-8-18(25)22(17)32-16-12-21(30)29(14-16)19(11-15-5-2-1-3-6-15)23(31)28-20-13-26-9-10-27-20/h4,7-10,13,15-16,19H,1-3,5-6,11-12,14H2,(H,27,28,31)/t16?,19-/m0/s1. The number of aromatic nitrogens is 2. The first-order valence-corrected chi connectivity index (χ1v) is 11.4. The predicted octanol–water partition coefficient (Wildman–Crippen LogP) is 4.23. The van der Waals surface area contributed by atoms with Crippen LogP contribution in [0.1, 0.15) is 44.9 Å². The zero-order valence-electron chi connectivity index (χ0n) is 17.7. The smallest absolute Gasteiger partial charge is 0.248 e. The number of halogens is 2. The first-order chi connectivity index (χ1) is 15.5. The van der Waals surface area contributed by atoms with Crippen molar-refractivity contribution in [1.82, 2.24) is 14.9 Å². The van der Waals surface area contributed by atoms with Crippen LogP contribution in [0, 0.1) is 11.7 Å². The van der Waals surface area contributed by atoms with Crippen LogP contribution in [0.2, 0.25) is 5.02 Å². The molecule has 1 unspecified atom stereocenters. The SMILES string of the molecule is O=C(Nc1cnccn1)[C@H](CC1CCCCC1)N1CC(Oc2c(F)cccc2Cl)CC1=O. The summed E-state index contributed by atoms with van der Waals surface area (Å²) in [6, 6.07) is 3.63. The highest BCUT2D eigenvalue weighted by atomic mass is 35.5. The number of likely N-dealkylation sites (tertiary alicyclic amines) is 1. The molecule has 1 aromatic heterocycles. The van der Waals surface area contributed by atoms with Gasteiger partial charge in [-0.25, -0.2) is 9.37 Å². The average Bonchev–Trinajstić information content (AvgIpc) is 3.16. The number of nitrogens with one attached hydrogen (secondary N) is 1. The van der Waals surface area contributed by atoms with E-state index in [4.69, 9.17) is 16.3 Å². The molecule has 4 rings (SSSR count). The second kappa shape index (κ2) is 10.3. The van der Waals surface area contributed by atoms with Crippen LogP contribution in [0.4, 0.5) is 10.2 Å². The molecule has 0 bridgehead atoms. The lowest BCUT2D eigenvalue weighted by Gasteiger charge is -2.31. The fraction of sp³-hybridized carbons (Fsp3) is 0.478. The van der Waals surface area contributed by atoms with E-state index in [-0.39, 0.29) is 35.6 Å². The Labute approximate surface area is 191 Å². The minimum atomic E-state index is -0.655. The number of hydrogen-bond acceptors (Lipinski definition) is 5. The molecule has 2 heterocycles. The summed E-state index contributed by atoms with van der Waals surface area (Å²) in [6.07, 6.45) is 10.1. The van der Waals surface area contributed by atoms with Crippen LogP contribution in [-0.4, -0.2) is 45.4 Å². The van der Waals surface area contributed by atoms with E-state index in [0.717, 1.165) is 25.7 Å². The summed E-state index contributed by atoms with van der Waals surface area (Å²) in [5, 5.41) is 2.93. The molecule has 1 saturated heterocycles. The molecule has 2 aliphatic rings. The Balaban J connectivity index is 1.50. The summed E-state index contributed by atoms with van der Waals surface area (Å²) in [5.41, 5.74) is 0. The van der Waals surface area contributed by atoms with Crippen molar-refractivity contribution in [2.75, 3.05) is 11.9 Å². The van der Waals surface area contributed by atoms with Crippen LogP contribution < -0.4 is 10.1 Å². The van der Waals surface area contributed by atoms with Crippen LogP contribution in [0.5, 0.6) is 5.75 Å². The van der Waals surface area contributed by atoms with Crippen molar-refractivity contribution in [2.24, 2.45) is 5.92 Å². The van der Waals surface area contributed by atoms with Gasteiger partial charge in [0.2, 0.25) is 11.8 Å². The summed E-state index contributed by atoms with van der Waals surface area (Å²) in [7, 11) is 0. The second-order valence-electron chi connectivity index (χ2n) is 8.38. The molecule has 170 valence electrons. The lowest BCUT2D eigenvalue weighted by Crippen LogP contribution is -2.46. The molecule has 1 aliphatic heterocycles. The molecule has 2 atom stereocenters. The van der Waals surface area contributed by atoms with Gasteiger partial charge in [-0.1, -0.05) is 49.8 Å². The maximum atomic E-state index is 14.2. The Morgan fingerprint density at radius 1 is 1.28 bits per heavy atom. The van der Waals surface area contributed by atoms with Gasteiger partial charge in [0.25, 0.3) is 0 Å². The summed E-state index contributed by atoms with van der Waals surface area (Å²) in [6.45, 7) is 0.189. The summed E-state index contributed by atoms with van der Waals surface area (Å²) in [4.78, 5) is 35.7. The maximum Gasteiger partial charge on any atom is 0.248 e. The van der Waals surface area contributed by atoms with Gasteiger partial charge < -0.3 is 15.0 Å². The van der Waals surface area contributed by atoms with Crippen molar-refractivity contribution >= 4 is 29.2 Å². The molecule has 2 amide bonds. The molecule has 1 saturated carbocycles. The van der Waals surface area contributed by atoms with Gasteiger partial charge >= 0.3 is 0 Å². The van der Waals surface area contributed by atoms with E-state index < -0.39 is 18.0 Å². The molecule has 32 heavy (non-hydrogen) atoms. The lowest BCUT2D eigenvalue weighted by molar-refractivity contribution is -0.136. The van der Waals surface area contributed by atoms with Crippen molar-refractivity contribution < 1.29 is 18.7 Å². The third kappa shape index (κ3) is 5.35. The van der Waals surface area contributed by atoms with E-state index in [0.29, 0.717) is 18.2 Å². The number of benzene rings is 1. The molecular weight excluding hydrogens is 435 g/mol. The second-order valence-corrected chi connectivity index (χ2v) is 8.78. The van der Waals surface area contributed by atoms with Gasteiger partial charge in [0, 0.05) is 12.4 Å². The molecule has 2 aromatic rings. The molecule has 1 N–H and O–H groups in total. The highest BCUT2D eigenvalue weighted by Gasteiger charge is 2.40. The van der Waals surface area contributed by atoms with Crippen molar-refractivity contribution in [3.63, 3.8) is 0 Å². The van der Waals surface area contributed by atoms with Gasteiger partial charge in [0.05, 0.1) is 24.2 Å². The van der Waals surface area contributed by atoms with Crippen LogP contribution in [-0.2, 0) is 9.59 Å². The van der Waals surface area contributed by atoms with E-state index in [1.165, 1.54) is 43.2 Å². The number of ether oxygens (including phenoxy) is 1. The number of amides is 2. The molecule has 0 spiro atoms. The molecule has 0 radical (unpaired) electrons. The van der Waals surface area contributed by atoms with E-state index in [9.17, 15) is 14.0 Å². The van der Waals surface area contributed by atoms with Crippen molar-refractivity contribution in [1.29, 1.82) is 0 Å². The summed E-state index contributed by atoms with van der Waals surface area (Å²) in [5.74, 6) is -0.436. The van der Waals surface area contributed by atoms with E-state index in [2.05, 4.69) is 15.3 Å². The van der Waals surface area contributed by atoms with E-state index in [1.54, 1.807) is 4.90 Å². The van der Waals surface area contributed by atoms with Gasteiger partial charge in [-0.15, -0.1) is 0 Å². The first kappa shape index (κ1) is 22.5. The Morgan fingerprint density at radius 2 is 2.09 bits per heavy atom. The minimum absolute atomic E-state index is 0.0598. The molecular formula is C23H26ClFN4O3. The number of para-hydroxylation sites is 1. The topological polar surface area (TPSA) is 84.4 Å². The van der Waals surface area contributed by atoms with Gasteiger partial charge in [-0.2, -0.15) is 0 Å². The normalized spacial score (nSPS) is 20.2. The van der Waals surface area contributed by atoms with Crippen LogP contribution in [0.25, 0.3) is 0 Å². The number of anilines is 1. The highest BCUT2D eigenvalue weighted by Crippen LogP contribution is 2.33. The van der Waals surface area contributed by atoms with Crippen LogP contribution in [0.15, 0.2) is 36.8 Å². The monoisotopic (exact) mass is 460 g/mol. The Kier molecular flexibility index (Phi) is 7.19. The fourth-order valence-corrected chi connectivity index (χ4v) is 4.73. The number of carbonyl (C=O) groups is 2. The first-order valence-electron chi connectivity index (χ1n) is 11.0. The Morgan fingerprint density at radius 3 is 2.81 bits per heavy atom. The van der Waals surface area contributed by atoms with Gasteiger partial charge in [0.15, 0.2) is 17.4 Å². The zero-order valence-corrected chi connectivity index (χ0v) is 18.4. The van der Waals surface area contributed by atoms with Gasteiger partial charge in [-0.3, -0.25) is 14.6 Å². The molecule has 2 fully saturated rings. The number of rotatable bonds is 7. The molecule has 7 nitrogen and oxygen atoms in total. The van der Waals surface area contributed by atoms with Crippen molar-refractivity contribution in [3.8, 4) is 5.75 Å². The predicted molar refractivity (Wildman–Crippen MR) is 118 cm³/mol. The fourth-order valence-electron chi connectivity index (χ4n) is 4.53. The van der Waals surface area contributed by atoms with Crippen molar-refractivity contribution in [2.45, 2.75) is 57.1 Å². The third-order valence-corrected chi connectivity index (χ3v) is 6.40. The molecule has 1 aromatic carbocycles. The Hall–Kier alpha value is -2.74. The number of nitrogens with zero attached hydrogens (tertiary/aromatic N) is 3. The maximum absolute atomic E-state index is 14.2. The third-order valence-electron chi connectivity index (χ3n) is 6.10. The number of carbonyl (C=O) groups excluding carboxylic acids is 2. The minimum Gasteiger partial charge on any atom is -0.483 e. The number of hydrogen-bond donors (Lipinski definition) is 1. The highest BCUT2D eigenvalue weighted by molar-refractivity contribution is 6.32. The Bertz CT molecular complexity index is 935. The largest absolute Gasteiger partial charge is 0.483 e. The quantitative estimate of drug-likeness (QED) is 0.668.